The number of benzene rings is 1. The van der Waals surface area contributed by atoms with Crippen molar-refractivity contribution in [2.24, 2.45) is 4.99 Å². The highest BCUT2D eigenvalue weighted by molar-refractivity contribution is 14.0. The molecule has 0 atom stereocenters. The molecule has 0 fully saturated rings. The SMILES string of the molecule is CCc1cnc(CNC(=NC)NCc2cc(Br)ccc2OC)s1.I. The number of aryl methyl sites for hydroxylation is 1. The number of aliphatic imine (C=N–C) groups is 1. The summed E-state index contributed by atoms with van der Waals surface area (Å²) < 4.78 is 6.40. The number of hydrogen-bond donors (Lipinski definition) is 2. The quantitative estimate of drug-likeness (QED) is 0.341. The van der Waals surface area contributed by atoms with Gasteiger partial charge in [-0.25, -0.2) is 4.98 Å². The average molecular weight is 525 g/mol. The lowest BCUT2D eigenvalue weighted by atomic mass is 10.2. The van der Waals surface area contributed by atoms with Gasteiger partial charge in [0.1, 0.15) is 10.8 Å². The number of aromatic nitrogens is 1. The van der Waals surface area contributed by atoms with E-state index in [0.717, 1.165) is 33.2 Å². The Kier molecular flexibility index (Phi) is 9.60. The summed E-state index contributed by atoms with van der Waals surface area (Å²) in [6.07, 6.45) is 2.96. The molecule has 8 heteroatoms. The van der Waals surface area contributed by atoms with Crippen molar-refractivity contribution < 1.29 is 4.74 Å². The molecule has 0 amide bonds. The Labute approximate surface area is 172 Å². The maximum atomic E-state index is 5.38. The molecule has 2 aromatic rings. The molecule has 0 aliphatic heterocycles. The van der Waals surface area contributed by atoms with Gasteiger partial charge in [-0.1, -0.05) is 22.9 Å². The largest absolute Gasteiger partial charge is 0.496 e. The van der Waals surface area contributed by atoms with Gasteiger partial charge in [0.25, 0.3) is 0 Å². The summed E-state index contributed by atoms with van der Waals surface area (Å²) in [7, 11) is 3.43. The van der Waals surface area contributed by atoms with Crippen LogP contribution in [-0.4, -0.2) is 25.1 Å². The zero-order valence-corrected chi connectivity index (χ0v) is 18.7. The van der Waals surface area contributed by atoms with Crippen LogP contribution in [-0.2, 0) is 19.5 Å². The molecule has 0 saturated carbocycles. The van der Waals surface area contributed by atoms with Gasteiger partial charge in [-0.3, -0.25) is 4.99 Å². The summed E-state index contributed by atoms with van der Waals surface area (Å²) in [5, 5.41) is 7.63. The first-order valence-electron chi connectivity index (χ1n) is 7.36. The lowest BCUT2D eigenvalue weighted by Crippen LogP contribution is -2.36. The molecular weight excluding hydrogens is 503 g/mol. The van der Waals surface area contributed by atoms with Crippen LogP contribution in [0.25, 0.3) is 0 Å². The average Bonchev–Trinajstić information content (AvgIpc) is 3.03. The summed E-state index contributed by atoms with van der Waals surface area (Å²) >= 11 is 5.21. The topological polar surface area (TPSA) is 58.5 Å². The van der Waals surface area contributed by atoms with Gasteiger partial charge in [0.05, 0.1) is 13.7 Å². The Bertz CT molecular complexity index is 678. The molecule has 1 heterocycles. The van der Waals surface area contributed by atoms with Gasteiger partial charge in [-0.2, -0.15) is 0 Å². The van der Waals surface area contributed by atoms with Gasteiger partial charge in [-0.15, -0.1) is 35.3 Å². The van der Waals surface area contributed by atoms with Crippen LogP contribution in [0.5, 0.6) is 5.75 Å². The van der Waals surface area contributed by atoms with Crippen molar-refractivity contribution in [3.05, 3.63) is 44.3 Å². The van der Waals surface area contributed by atoms with E-state index < -0.39 is 0 Å². The van der Waals surface area contributed by atoms with Crippen molar-refractivity contribution in [3.63, 3.8) is 0 Å². The highest BCUT2D eigenvalue weighted by Gasteiger charge is 2.06. The molecule has 0 unspecified atom stereocenters. The first-order valence-corrected chi connectivity index (χ1v) is 8.97. The predicted octanol–water partition coefficient (Wildman–Crippen LogP) is 3.96. The predicted molar refractivity (Wildman–Crippen MR) is 115 cm³/mol. The van der Waals surface area contributed by atoms with E-state index in [0.29, 0.717) is 13.1 Å². The van der Waals surface area contributed by atoms with Gasteiger partial charge >= 0.3 is 0 Å². The van der Waals surface area contributed by atoms with Crippen molar-refractivity contribution in [3.8, 4) is 5.75 Å². The molecule has 0 aliphatic carbocycles. The fourth-order valence-corrected chi connectivity index (χ4v) is 3.25. The third-order valence-electron chi connectivity index (χ3n) is 3.27. The molecule has 1 aromatic heterocycles. The standard InChI is InChI=1S/C16H21BrN4OS.HI/c1-4-13-9-19-15(23-13)10-21-16(18-2)20-8-11-7-12(17)5-6-14(11)22-3;/h5-7,9H,4,8,10H2,1-3H3,(H2,18,20,21);1H. The first kappa shape index (κ1) is 21.2. The van der Waals surface area contributed by atoms with Crippen molar-refractivity contribution >= 4 is 57.2 Å². The Morgan fingerprint density at radius 2 is 2.08 bits per heavy atom. The third-order valence-corrected chi connectivity index (χ3v) is 4.90. The van der Waals surface area contributed by atoms with Crippen LogP contribution in [0.3, 0.4) is 0 Å². The summed E-state index contributed by atoms with van der Waals surface area (Å²) in [6.45, 7) is 3.43. The molecule has 1 aromatic carbocycles. The highest BCUT2D eigenvalue weighted by Crippen LogP contribution is 2.22. The van der Waals surface area contributed by atoms with E-state index in [9.17, 15) is 0 Å². The van der Waals surface area contributed by atoms with E-state index in [1.54, 1.807) is 25.5 Å². The first-order chi connectivity index (χ1) is 11.2. The molecule has 0 spiro atoms. The Hall–Kier alpha value is -0.870. The number of ether oxygens (including phenoxy) is 1. The second-order valence-corrected chi connectivity index (χ2v) is 6.92. The van der Waals surface area contributed by atoms with E-state index in [4.69, 9.17) is 4.74 Å². The summed E-state index contributed by atoms with van der Waals surface area (Å²) in [5.41, 5.74) is 1.06. The van der Waals surface area contributed by atoms with E-state index in [-0.39, 0.29) is 24.0 Å². The van der Waals surface area contributed by atoms with Crippen LogP contribution in [0.15, 0.2) is 33.9 Å². The fraction of sp³-hybridized carbons (Fsp3) is 0.375. The molecule has 24 heavy (non-hydrogen) atoms. The van der Waals surface area contributed by atoms with E-state index >= 15 is 0 Å². The zero-order valence-electron chi connectivity index (χ0n) is 13.9. The molecule has 0 bridgehead atoms. The van der Waals surface area contributed by atoms with Crippen LogP contribution >= 0.6 is 51.2 Å². The normalized spacial score (nSPS) is 10.9. The summed E-state index contributed by atoms with van der Waals surface area (Å²) in [4.78, 5) is 9.93. The van der Waals surface area contributed by atoms with Crippen molar-refractivity contribution in [1.29, 1.82) is 0 Å². The number of hydrogen-bond acceptors (Lipinski definition) is 4. The van der Waals surface area contributed by atoms with Gasteiger partial charge in [0.2, 0.25) is 0 Å². The molecule has 2 rings (SSSR count). The lowest BCUT2D eigenvalue weighted by molar-refractivity contribution is 0.409. The number of nitrogens with zero attached hydrogens (tertiary/aromatic N) is 2. The molecular formula is C16H22BrIN4OS. The number of thiazole rings is 1. The van der Waals surface area contributed by atoms with Gasteiger partial charge in [0, 0.05) is 34.7 Å². The number of rotatable bonds is 6. The third kappa shape index (κ3) is 6.21. The summed E-state index contributed by atoms with van der Waals surface area (Å²) in [5.74, 6) is 1.59. The number of methoxy groups -OCH3 is 1. The minimum absolute atomic E-state index is 0. The Morgan fingerprint density at radius 1 is 1.33 bits per heavy atom. The van der Waals surface area contributed by atoms with Gasteiger partial charge in [0.15, 0.2) is 5.96 Å². The van der Waals surface area contributed by atoms with Crippen LogP contribution in [0, 0.1) is 0 Å². The van der Waals surface area contributed by atoms with Gasteiger partial charge < -0.3 is 15.4 Å². The Morgan fingerprint density at radius 3 is 2.71 bits per heavy atom. The van der Waals surface area contributed by atoms with Gasteiger partial charge in [-0.05, 0) is 24.6 Å². The molecule has 5 nitrogen and oxygen atoms in total. The van der Waals surface area contributed by atoms with Crippen LogP contribution < -0.4 is 15.4 Å². The van der Waals surface area contributed by atoms with Crippen LogP contribution in [0.4, 0.5) is 0 Å². The molecule has 0 saturated heterocycles. The van der Waals surface area contributed by atoms with Crippen molar-refractivity contribution in [2.45, 2.75) is 26.4 Å². The fourth-order valence-electron chi connectivity index (χ4n) is 2.04. The molecule has 2 N–H and O–H groups in total. The van der Waals surface area contributed by atoms with Crippen LogP contribution in [0.1, 0.15) is 22.4 Å². The number of nitrogens with one attached hydrogen (secondary N) is 2. The second-order valence-electron chi connectivity index (χ2n) is 4.81. The minimum Gasteiger partial charge on any atom is -0.496 e. The number of halogens is 2. The van der Waals surface area contributed by atoms with E-state index in [2.05, 4.69) is 43.5 Å². The maximum absolute atomic E-state index is 5.38. The van der Waals surface area contributed by atoms with Crippen LogP contribution in [0.2, 0.25) is 0 Å². The molecule has 0 radical (unpaired) electrons. The minimum atomic E-state index is 0. The Balaban J connectivity index is 0.00000288. The molecule has 0 aliphatic rings. The zero-order chi connectivity index (χ0) is 16.7. The smallest absolute Gasteiger partial charge is 0.191 e. The van der Waals surface area contributed by atoms with Crippen molar-refractivity contribution in [1.82, 2.24) is 15.6 Å². The van der Waals surface area contributed by atoms with Crippen molar-refractivity contribution in [2.75, 3.05) is 14.2 Å². The second kappa shape index (κ2) is 10.9. The monoisotopic (exact) mass is 524 g/mol. The van der Waals surface area contributed by atoms with E-state index in [1.165, 1.54) is 4.88 Å². The highest BCUT2D eigenvalue weighted by atomic mass is 127. The molecule has 132 valence electrons. The lowest BCUT2D eigenvalue weighted by Gasteiger charge is -2.13. The van der Waals surface area contributed by atoms with E-state index in [1.807, 2.05) is 24.4 Å². The summed E-state index contributed by atoms with van der Waals surface area (Å²) in [6, 6.07) is 5.94. The number of guanidine groups is 1. The maximum Gasteiger partial charge on any atom is 0.191 e.